The molecule has 2 unspecified atom stereocenters. The van der Waals surface area contributed by atoms with Gasteiger partial charge in [-0.05, 0) is 24.5 Å². The number of fused-ring (bicyclic) bond motifs is 1. The molecule has 1 saturated heterocycles. The third-order valence-electron chi connectivity index (χ3n) is 3.88. The van der Waals surface area contributed by atoms with Crippen LogP contribution in [0.25, 0.3) is 10.2 Å². The van der Waals surface area contributed by atoms with Crippen molar-refractivity contribution in [3.63, 3.8) is 0 Å². The standard InChI is InChI=1S/C14H17N3O2S/c1-8-4-6-17(7-9(8)18)14(19)13-11(15)12-10(20-13)3-2-5-16-12/h2-3,5,8-9,18H,4,6-7,15H2,1H3. The number of nitrogen functional groups attached to an aromatic ring is 1. The van der Waals surface area contributed by atoms with Crippen molar-refractivity contribution in [1.29, 1.82) is 0 Å². The number of aromatic nitrogens is 1. The van der Waals surface area contributed by atoms with Crippen LogP contribution in [-0.2, 0) is 0 Å². The summed E-state index contributed by atoms with van der Waals surface area (Å²) in [6.07, 6.45) is 2.03. The number of aliphatic hydroxyl groups excluding tert-OH is 1. The lowest BCUT2D eigenvalue weighted by Gasteiger charge is -2.34. The zero-order valence-electron chi connectivity index (χ0n) is 11.2. The lowest BCUT2D eigenvalue weighted by molar-refractivity contribution is 0.0252. The van der Waals surface area contributed by atoms with Crippen molar-refractivity contribution in [2.24, 2.45) is 5.92 Å². The second-order valence-electron chi connectivity index (χ2n) is 5.28. The minimum atomic E-state index is -0.457. The number of hydrogen-bond donors (Lipinski definition) is 2. The van der Waals surface area contributed by atoms with Crippen LogP contribution in [0.2, 0.25) is 0 Å². The molecule has 2 aromatic heterocycles. The van der Waals surface area contributed by atoms with E-state index in [1.807, 2.05) is 19.1 Å². The molecule has 0 spiro atoms. The number of hydrogen-bond acceptors (Lipinski definition) is 5. The van der Waals surface area contributed by atoms with E-state index in [4.69, 9.17) is 5.73 Å². The highest BCUT2D eigenvalue weighted by atomic mass is 32.1. The Balaban J connectivity index is 1.91. The van der Waals surface area contributed by atoms with Crippen LogP contribution < -0.4 is 5.73 Å². The van der Waals surface area contributed by atoms with E-state index in [-0.39, 0.29) is 11.8 Å². The Bertz CT molecular complexity index is 655. The number of rotatable bonds is 1. The molecular weight excluding hydrogens is 274 g/mol. The maximum absolute atomic E-state index is 12.6. The first-order valence-corrected chi connectivity index (χ1v) is 7.50. The molecule has 1 fully saturated rings. The smallest absolute Gasteiger partial charge is 0.266 e. The largest absolute Gasteiger partial charge is 0.396 e. The van der Waals surface area contributed by atoms with Gasteiger partial charge in [0.2, 0.25) is 0 Å². The molecule has 3 N–H and O–H groups in total. The summed E-state index contributed by atoms with van der Waals surface area (Å²) < 4.78 is 0.916. The van der Waals surface area contributed by atoms with E-state index in [1.165, 1.54) is 11.3 Å². The third kappa shape index (κ3) is 2.14. The van der Waals surface area contributed by atoms with Crippen LogP contribution in [0.5, 0.6) is 0 Å². The monoisotopic (exact) mass is 291 g/mol. The number of carbonyl (C=O) groups excluding carboxylic acids is 1. The first-order chi connectivity index (χ1) is 9.58. The maximum Gasteiger partial charge on any atom is 0.266 e. The predicted molar refractivity (Wildman–Crippen MR) is 79.7 cm³/mol. The molecule has 3 heterocycles. The SMILES string of the molecule is CC1CCN(C(=O)c2sc3cccnc3c2N)CC1O. The van der Waals surface area contributed by atoms with E-state index in [0.29, 0.717) is 29.2 Å². The number of nitrogens with two attached hydrogens (primary N) is 1. The number of carbonyl (C=O) groups is 1. The molecule has 5 nitrogen and oxygen atoms in total. The Kier molecular flexibility index (Phi) is 3.35. The highest BCUT2D eigenvalue weighted by Crippen LogP contribution is 2.33. The lowest BCUT2D eigenvalue weighted by Crippen LogP contribution is -2.45. The molecule has 0 bridgehead atoms. The molecule has 0 radical (unpaired) electrons. The van der Waals surface area contributed by atoms with E-state index < -0.39 is 6.10 Å². The van der Waals surface area contributed by atoms with Crippen LogP contribution in [0.1, 0.15) is 23.0 Å². The molecule has 0 aliphatic carbocycles. The molecule has 0 aromatic carbocycles. The van der Waals surface area contributed by atoms with Gasteiger partial charge in [-0.3, -0.25) is 9.78 Å². The third-order valence-corrected chi connectivity index (χ3v) is 5.03. The lowest BCUT2D eigenvalue weighted by atomic mass is 9.96. The molecule has 3 rings (SSSR count). The number of aliphatic hydroxyl groups is 1. The number of likely N-dealkylation sites (tertiary alicyclic amines) is 1. The number of β-amino-alcohol motifs (C(OH)–C–C–N with tert-alkyl or cyclic N) is 1. The van der Waals surface area contributed by atoms with E-state index in [2.05, 4.69) is 4.98 Å². The summed E-state index contributed by atoms with van der Waals surface area (Å²) in [6.45, 7) is 3.05. The van der Waals surface area contributed by atoms with Gasteiger partial charge in [0.1, 0.15) is 10.4 Å². The van der Waals surface area contributed by atoms with Crippen molar-refractivity contribution >= 4 is 33.1 Å². The van der Waals surface area contributed by atoms with Gasteiger partial charge in [0.15, 0.2) is 0 Å². The summed E-state index contributed by atoms with van der Waals surface area (Å²) in [5, 5.41) is 9.92. The van der Waals surface area contributed by atoms with E-state index in [9.17, 15) is 9.90 Å². The van der Waals surface area contributed by atoms with Crippen LogP contribution in [0.4, 0.5) is 5.69 Å². The van der Waals surface area contributed by atoms with Crippen molar-refractivity contribution in [3.05, 3.63) is 23.2 Å². The number of thiophene rings is 1. The maximum atomic E-state index is 12.6. The molecule has 1 aliphatic heterocycles. The van der Waals surface area contributed by atoms with Crippen molar-refractivity contribution < 1.29 is 9.90 Å². The van der Waals surface area contributed by atoms with Gasteiger partial charge in [-0.25, -0.2) is 0 Å². The molecule has 1 aliphatic rings. The van der Waals surface area contributed by atoms with Crippen LogP contribution >= 0.6 is 11.3 Å². The highest BCUT2D eigenvalue weighted by Gasteiger charge is 2.30. The zero-order valence-corrected chi connectivity index (χ0v) is 12.1. The Morgan fingerprint density at radius 2 is 2.40 bits per heavy atom. The Morgan fingerprint density at radius 1 is 1.60 bits per heavy atom. The quantitative estimate of drug-likeness (QED) is 0.838. The van der Waals surface area contributed by atoms with Crippen LogP contribution in [-0.4, -0.2) is 40.1 Å². The molecular formula is C14H17N3O2S. The van der Waals surface area contributed by atoms with Crippen molar-refractivity contribution in [1.82, 2.24) is 9.88 Å². The molecule has 2 aromatic rings. The number of pyridine rings is 1. The zero-order chi connectivity index (χ0) is 14.3. The number of anilines is 1. The fraction of sp³-hybridized carbons (Fsp3) is 0.429. The molecule has 20 heavy (non-hydrogen) atoms. The molecule has 0 saturated carbocycles. The summed E-state index contributed by atoms with van der Waals surface area (Å²) in [5.41, 5.74) is 7.18. The van der Waals surface area contributed by atoms with Gasteiger partial charge in [-0.15, -0.1) is 11.3 Å². The van der Waals surface area contributed by atoms with Gasteiger partial charge in [0.05, 0.1) is 16.5 Å². The topological polar surface area (TPSA) is 79.5 Å². The molecule has 106 valence electrons. The Hall–Kier alpha value is -1.66. The molecule has 1 amide bonds. The van der Waals surface area contributed by atoms with Gasteiger partial charge in [0, 0.05) is 19.3 Å². The second-order valence-corrected chi connectivity index (χ2v) is 6.33. The van der Waals surface area contributed by atoms with Gasteiger partial charge in [-0.2, -0.15) is 0 Å². The average Bonchev–Trinajstić information content (AvgIpc) is 2.79. The summed E-state index contributed by atoms with van der Waals surface area (Å²) >= 11 is 1.37. The molecule has 6 heteroatoms. The van der Waals surface area contributed by atoms with Crippen LogP contribution in [0, 0.1) is 5.92 Å². The van der Waals surface area contributed by atoms with Gasteiger partial charge in [-0.1, -0.05) is 6.92 Å². The van der Waals surface area contributed by atoms with E-state index in [1.54, 1.807) is 11.1 Å². The fourth-order valence-corrected chi connectivity index (χ4v) is 3.53. The van der Waals surface area contributed by atoms with Gasteiger partial charge < -0.3 is 15.7 Å². The van der Waals surface area contributed by atoms with E-state index >= 15 is 0 Å². The van der Waals surface area contributed by atoms with Crippen molar-refractivity contribution in [3.8, 4) is 0 Å². The fourth-order valence-electron chi connectivity index (χ4n) is 2.48. The van der Waals surface area contributed by atoms with Crippen LogP contribution in [0.3, 0.4) is 0 Å². The first-order valence-electron chi connectivity index (χ1n) is 6.68. The predicted octanol–water partition coefficient (Wildman–Crippen LogP) is 1.72. The number of amides is 1. The highest BCUT2D eigenvalue weighted by molar-refractivity contribution is 7.21. The number of nitrogens with zero attached hydrogens (tertiary/aromatic N) is 2. The van der Waals surface area contributed by atoms with Gasteiger partial charge >= 0.3 is 0 Å². The summed E-state index contributed by atoms with van der Waals surface area (Å²) in [6, 6.07) is 3.74. The second kappa shape index (κ2) is 5.03. The summed E-state index contributed by atoms with van der Waals surface area (Å²) in [7, 11) is 0. The normalized spacial score (nSPS) is 23.2. The van der Waals surface area contributed by atoms with Crippen molar-refractivity contribution in [2.45, 2.75) is 19.4 Å². The minimum Gasteiger partial charge on any atom is -0.396 e. The van der Waals surface area contributed by atoms with E-state index in [0.717, 1.165) is 11.1 Å². The average molecular weight is 291 g/mol. The summed E-state index contributed by atoms with van der Waals surface area (Å²) in [4.78, 5) is 19.0. The first kappa shape index (κ1) is 13.3. The van der Waals surface area contributed by atoms with Crippen LogP contribution in [0.15, 0.2) is 18.3 Å². The molecule has 2 atom stereocenters. The van der Waals surface area contributed by atoms with Crippen molar-refractivity contribution in [2.75, 3.05) is 18.8 Å². The Morgan fingerprint density at radius 3 is 3.10 bits per heavy atom. The summed E-state index contributed by atoms with van der Waals surface area (Å²) in [5.74, 6) is 0.136. The minimum absolute atomic E-state index is 0.101. The van der Waals surface area contributed by atoms with Gasteiger partial charge in [0.25, 0.3) is 5.91 Å². The Labute approximate surface area is 121 Å². The number of piperidine rings is 1.